The van der Waals surface area contributed by atoms with Crippen molar-refractivity contribution in [2.75, 3.05) is 26.2 Å². The molecule has 5 heteroatoms. The van der Waals surface area contributed by atoms with Gasteiger partial charge in [-0.05, 0) is 37.3 Å². The summed E-state index contributed by atoms with van der Waals surface area (Å²) in [6.45, 7) is 5.95. The molecule has 0 saturated carbocycles. The predicted molar refractivity (Wildman–Crippen MR) is 81.9 cm³/mol. The Labute approximate surface area is 125 Å². The smallest absolute Gasteiger partial charge is 0.234 e. The number of hydrogen-bond donors (Lipinski definition) is 1. The Kier molecular flexibility index (Phi) is 6.50. The molecule has 4 nitrogen and oxygen atoms in total. The summed E-state index contributed by atoms with van der Waals surface area (Å²) in [4.78, 5) is 15.3. The van der Waals surface area contributed by atoms with E-state index in [0.717, 1.165) is 39.0 Å². The minimum atomic E-state index is 0.106. The molecule has 1 unspecified atom stereocenters. The summed E-state index contributed by atoms with van der Waals surface area (Å²) in [5.74, 6) is 0.106. The number of likely N-dealkylation sites (tertiary alicyclic amines) is 1. The van der Waals surface area contributed by atoms with Crippen molar-refractivity contribution in [3.63, 3.8) is 0 Å². The van der Waals surface area contributed by atoms with Gasteiger partial charge in [-0.15, -0.1) is 11.3 Å². The molecule has 1 aliphatic rings. The average Bonchev–Trinajstić information content (AvgIpc) is 2.97. The predicted octanol–water partition coefficient (Wildman–Crippen LogP) is 2.26. The molecule has 2 heterocycles. The topological polar surface area (TPSA) is 41.6 Å². The van der Waals surface area contributed by atoms with Gasteiger partial charge in [-0.25, -0.2) is 0 Å². The van der Waals surface area contributed by atoms with E-state index in [1.165, 1.54) is 4.88 Å². The van der Waals surface area contributed by atoms with Crippen LogP contribution in [0.3, 0.4) is 0 Å². The minimum Gasteiger partial charge on any atom is -0.377 e. The highest BCUT2D eigenvalue weighted by Gasteiger charge is 2.21. The Bertz CT molecular complexity index is 395. The second kappa shape index (κ2) is 8.39. The third-order valence-electron chi connectivity index (χ3n) is 3.43. The Morgan fingerprint density at radius 3 is 3.25 bits per heavy atom. The van der Waals surface area contributed by atoms with E-state index in [0.29, 0.717) is 19.2 Å². The molecule has 0 spiro atoms. The second-order valence-electron chi connectivity index (χ2n) is 5.23. The van der Waals surface area contributed by atoms with Crippen molar-refractivity contribution in [2.24, 2.45) is 0 Å². The average molecular weight is 296 g/mol. The maximum atomic E-state index is 11.9. The lowest BCUT2D eigenvalue weighted by Gasteiger charge is -2.32. The molecule has 0 bridgehead atoms. The molecule has 1 amide bonds. The van der Waals surface area contributed by atoms with Gasteiger partial charge in [-0.3, -0.25) is 9.69 Å². The SMILES string of the molecule is CCCOC1CCCN(CC(=O)NCc2cccs2)C1. The normalized spacial score (nSPS) is 19.9. The number of carbonyl (C=O) groups excluding carboxylic acids is 1. The maximum Gasteiger partial charge on any atom is 0.234 e. The molecule has 1 aromatic rings. The summed E-state index contributed by atoms with van der Waals surface area (Å²) in [6, 6.07) is 4.05. The summed E-state index contributed by atoms with van der Waals surface area (Å²) in [7, 11) is 0. The molecule has 1 aliphatic heterocycles. The van der Waals surface area contributed by atoms with Gasteiger partial charge < -0.3 is 10.1 Å². The van der Waals surface area contributed by atoms with Crippen molar-refractivity contribution in [2.45, 2.75) is 38.8 Å². The third-order valence-corrected chi connectivity index (χ3v) is 4.30. The number of ether oxygens (including phenoxy) is 1. The third kappa shape index (κ3) is 5.23. The first kappa shape index (κ1) is 15.5. The van der Waals surface area contributed by atoms with E-state index in [9.17, 15) is 4.79 Å². The molecule has 0 aliphatic carbocycles. The zero-order valence-corrected chi connectivity index (χ0v) is 13.0. The minimum absolute atomic E-state index is 0.106. The molecule has 1 fully saturated rings. The summed E-state index contributed by atoms with van der Waals surface area (Å²) in [6.07, 6.45) is 3.59. The van der Waals surface area contributed by atoms with Gasteiger partial charge in [0.1, 0.15) is 0 Å². The number of hydrogen-bond acceptors (Lipinski definition) is 4. The van der Waals surface area contributed by atoms with Crippen LogP contribution in [0, 0.1) is 0 Å². The van der Waals surface area contributed by atoms with Crippen LogP contribution in [-0.4, -0.2) is 43.2 Å². The number of rotatable bonds is 7. The highest BCUT2D eigenvalue weighted by atomic mass is 32.1. The summed E-state index contributed by atoms with van der Waals surface area (Å²) in [5, 5.41) is 5.01. The zero-order valence-electron chi connectivity index (χ0n) is 12.1. The van der Waals surface area contributed by atoms with E-state index in [2.05, 4.69) is 17.1 Å². The van der Waals surface area contributed by atoms with Crippen molar-refractivity contribution in [3.8, 4) is 0 Å². The number of nitrogens with zero attached hydrogens (tertiary/aromatic N) is 1. The van der Waals surface area contributed by atoms with E-state index < -0.39 is 0 Å². The van der Waals surface area contributed by atoms with Crippen molar-refractivity contribution in [1.29, 1.82) is 0 Å². The second-order valence-corrected chi connectivity index (χ2v) is 6.26. The first-order valence-corrected chi connectivity index (χ1v) is 8.29. The highest BCUT2D eigenvalue weighted by Crippen LogP contribution is 2.13. The van der Waals surface area contributed by atoms with E-state index in [4.69, 9.17) is 4.74 Å². The lowest BCUT2D eigenvalue weighted by Crippen LogP contribution is -2.44. The van der Waals surface area contributed by atoms with Crippen molar-refractivity contribution < 1.29 is 9.53 Å². The Hall–Kier alpha value is -0.910. The summed E-state index contributed by atoms with van der Waals surface area (Å²) < 4.78 is 5.79. The molecule has 1 saturated heterocycles. The van der Waals surface area contributed by atoms with Crippen molar-refractivity contribution >= 4 is 17.2 Å². The quantitative estimate of drug-likeness (QED) is 0.839. The van der Waals surface area contributed by atoms with Crippen LogP contribution in [0.1, 0.15) is 31.1 Å². The van der Waals surface area contributed by atoms with Crippen molar-refractivity contribution in [3.05, 3.63) is 22.4 Å². The molecule has 1 N–H and O–H groups in total. The standard InChI is InChI=1S/C15H24N2O2S/c1-2-8-19-13-5-3-7-17(11-13)12-15(18)16-10-14-6-4-9-20-14/h4,6,9,13H,2-3,5,7-8,10-12H2,1H3,(H,16,18). The van der Waals surface area contributed by atoms with Gasteiger partial charge in [0.25, 0.3) is 0 Å². The monoisotopic (exact) mass is 296 g/mol. The first-order valence-electron chi connectivity index (χ1n) is 7.41. The summed E-state index contributed by atoms with van der Waals surface area (Å²) in [5.41, 5.74) is 0. The number of nitrogens with one attached hydrogen (secondary N) is 1. The van der Waals surface area contributed by atoms with Crippen LogP contribution in [0.4, 0.5) is 0 Å². The Morgan fingerprint density at radius 1 is 1.60 bits per heavy atom. The van der Waals surface area contributed by atoms with Gasteiger partial charge in [0.2, 0.25) is 5.91 Å². The molecular formula is C15H24N2O2S. The zero-order chi connectivity index (χ0) is 14.2. The number of thiophene rings is 1. The fourth-order valence-corrected chi connectivity index (χ4v) is 3.08. The molecular weight excluding hydrogens is 272 g/mol. The largest absolute Gasteiger partial charge is 0.377 e. The van der Waals surface area contributed by atoms with Gasteiger partial charge in [-0.1, -0.05) is 13.0 Å². The van der Waals surface area contributed by atoms with Crippen LogP contribution < -0.4 is 5.32 Å². The van der Waals surface area contributed by atoms with Crippen LogP contribution in [0.5, 0.6) is 0 Å². The molecule has 1 aromatic heterocycles. The fourth-order valence-electron chi connectivity index (χ4n) is 2.44. The van der Waals surface area contributed by atoms with Crippen LogP contribution in [0.2, 0.25) is 0 Å². The van der Waals surface area contributed by atoms with Crippen LogP contribution >= 0.6 is 11.3 Å². The van der Waals surface area contributed by atoms with Gasteiger partial charge in [-0.2, -0.15) is 0 Å². The van der Waals surface area contributed by atoms with Crippen molar-refractivity contribution in [1.82, 2.24) is 10.2 Å². The van der Waals surface area contributed by atoms with Crippen LogP contribution in [0.15, 0.2) is 17.5 Å². The summed E-state index contributed by atoms with van der Waals surface area (Å²) >= 11 is 1.67. The molecule has 2 rings (SSSR count). The molecule has 0 aromatic carbocycles. The van der Waals surface area contributed by atoms with Crippen LogP contribution in [-0.2, 0) is 16.1 Å². The lowest BCUT2D eigenvalue weighted by molar-refractivity contribution is -0.123. The Balaban J connectivity index is 1.67. The van der Waals surface area contributed by atoms with E-state index >= 15 is 0 Å². The van der Waals surface area contributed by atoms with E-state index in [-0.39, 0.29) is 5.91 Å². The van der Waals surface area contributed by atoms with E-state index in [1.807, 2.05) is 17.5 Å². The van der Waals surface area contributed by atoms with Crippen LogP contribution in [0.25, 0.3) is 0 Å². The number of piperidine rings is 1. The molecule has 0 radical (unpaired) electrons. The van der Waals surface area contributed by atoms with E-state index in [1.54, 1.807) is 11.3 Å². The van der Waals surface area contributed by atoms with Gasteiger partial charge in [0, 0.05) is 18.0 Å². The lowest BCUT2D eigenvalue weighted by atomic mass is 10.1. The number of carbonyl (C=O) groups is 1. The Morgan fingerprint density at radius 2 is 2.50 bits per heavy atom. The molecule has 112 valence electrons. The van der Waals surface area contributed by atoms with Gasteiger partial charge in [0.15, 0.2) is 0 Å². The first-order chi connectivity index (χ1) is 9.78. The highest BCUT2D eigenvalue weighted by molar-refractivity contribution is 7.09. The molecule has 1 atom stereocenters. The number of amides is 1. The molecule has 20 heavy (non-hydrogen) atoms. The van der Waals surface area contributed by atoms with Gasteiger partial charge >= 0.3 is 0 Å². The fraction of sp³-hybridized carbons (Fsp3) is 0.667. The van der Waals surface area contributed by atoms with Gasteiger partial charge in [0.05, 0.1) is 19.2 Å². The maximum absolute atomic E-state index is 11.9.